The number of ether oxygens (including phenoxy) is 1. The first-order valence-corrected chi connectivity index (χ1v) is 10.8. The number of thioether (sulfide) groups is 1. The van der Waals surface area contributed by atoms with E-state index < -0.39 is 0 Å². The number of para-hydroxylation sites is 1. The number of benzene rings is 2. The van der Waals surface area contributed by atoms with Gasteiger partial charge < -0.3 is 14.3 Å². The molecule has 0 radical (unpaired) electrons. The molecule has 2 aromatic carbocycles. The molecular weight excluding hydrogens is 398 g/mol. The number of rotatable bonds is 7. The average Bonchev–Trinajstić information content (AvgIpc) is 3.14. The predicted octanol–water partition coefficient (Wildman–Crippen LogP) is 4.02. The van der Waals surface area contributed by atoms with Crippen LogP contribution < -0.4 is 10.3 Å². The number of aryl methyl sites for hydroxylation is 2. The molecule has 2 heterocycles. The fraction of sp³-hybridized carbons (Fsp3) is 0.273. The first-order valence-electron chi connectivity index (χ1n) is 9.78. The maximum Gasteiger partial charge on any atom is 0.258 e. The minimum absolute atomic E-state index is 0.129. The molecule has 8 heteroatoms. The topological polar surface area (TPSA) is 85.7 Å². The smallest absolute Gasteiger partial charge is 0.258 e. The summed E-state index contributed by atoms with van der Waals surface area (Å²) in [7, 11) is 0. The van der Waals surface area contributed by atoms with Gasteiger partial charge in [0.1, 0.15) is 18.2 Å². The summed E-state index contributed by atoms with van der Waals surface area (Å²) in [5.74, 6) is 2.73. The first kappa shape index (κ1) is 20.2. The molecule has 30 heavy (non-hydrogen) atoms. The molecule has 0 saturated carbocycles. The van der Waals surface area contributed by atoms with E-state index >= 15 is 0 Å². The lowest BCUT2D eigenvalue weighted by molar-refractivity contribution is 0.286. The van der Waals surface area contributed by atoms with Crippen LogP contribution in [0.25, 0.3) is 10.9 Å². The van der Waals surface area contributed by atoms with Crippen molar-refractivity contribution in [3.63, 3.8) is 0 Å². The summed E-state index contributed by atoms with van der Waals surface area (Å²) in [5.41, 5.74) is 2.80. The van der Waals surface area contributed by atoms with E-state index in [-0.39, 0.29) is 5.56 Å². The van der Waals surface area contributed by atoms with Crippen LogP contribution in [0.4, 0.5) is 0 Å². The van der Waals surface area contributed by atoms with E-state index in [4.69, 9.17) is 4.74 Å². The summed E-state index contributed by atoms with van der Waals surface area (Å²) in [6.07, 6.45) is 0. The third-order valence-corrected chi connectivity index (χ3v) is 5.79. The Bertz CT molecular complexity index is 1250. The normalized spacial score (nSPS) is 11.2. The second-order valence-corrected chi connectivity index (χ2v) is 7.96. The molecule has 0 aliphatic heterocycles. The fourth-order valence-corrected chi connectivity index (χ4v) is 4.08. The van der Waals surface area contributed by atoms with Crippen LogP contribution in [0, 0.1) is 13.8 Å². The van der Waals surface area contributed by atoms with Gasteiger partial charge in [-0.05, 0) is 50.1 Å². The van der Waals surface area contributed by atoms with Crippen LogP contribution in [-0.4, -0.2) is 24.7 Å². The van der Waals surface area contributed by atoms with E-state index in [1.165, 1.54) is 11.8 Å². The van der Waals surface area contributed by atoms with Gasteiger partial charge in [-0.15, -0.1) is 10.2 Å². The Labute approximate surface area is 178 Å². The zero-order chi connectivity index (χ0) is 21.1. The van der Waals surface area contributed by atoms with Crippen molar-refractivity contribution in [3.05, 3.63) is 75.6 Å². The van der Waals surface area contributed by atoms with E-state index in [1.807, 2.05) is 55.7 Å². The molecule has 0 aliphatic rings. The second kappa shape index (κ2) is 8.71. The lowest BCUT2D eigenvalue weighted by Crippen LogP contribution is -2.11. The standard InChI is InChI=1S/C22H23N5O2S/c1-4-27-20(12-29-18-11-14(2)9-10-15(18)3)25-26-22(27)30-13-19-23-17-8-6-5-7-16(17)21(28)24-19/h5-11H,4,12-13H2,1-3H3,(H,23,24,28). The summed E-state index contributed by atoms with van der Waals surface area (Å²) in [6.45, 7) is 7.18. The van der Waals surface area contributed by atoms with Gasteiger partial charge in [0.05, 0.1) is 16.7 Å². The van der Waals surface area contributed by atoms with Gasteiger partial charge >= 0.3 is 0 Å². The zero-order valence-corrected chi connectivity index (χ0v) is 18.0. The molecule has 154 valence electrons. The van der Waals surface area contributed by atoms with Gasteiger partial charge in [-0.25, -0.2) is 4.98 Å². The Morgan fingerprint density at radius 1 is 1.13 bits per heavy atom. The molecule has 4 rings (SSSR count). The van der Waals surface area contributed by atoms with Crippen molar-refractivity contribution in [2.75, 3.05) is 0 Å². The maximum atomic E-state index is 12.3. The quantitative estimate of drug-likeness (QED) is 0.454. The van der Waals surface area contributed by atoms with Crippen LogP contribution in [-0.2, 0) is 18.9 Å². The average molecular weight is 422 g/mol. The molecule has 0 aliphatic carbocycles. The third-order valence-electron chi connectivity index (χ3n) is 4.81. The Kier molecular flexibility index (Phi) is 5.85. The van der Waals surface area contributed by atoms with Gasteiger partial charge in [-0.2, -0.15) is 0 Å². The SMILES string of the molecule is CCn1c(COc2cc(C)ccc2C)nnc1SCc1nc2ccccc2c(=O)[nH]1. The largest absolute Gasteiger partial charge is 0.485 e. The number of fused-ring (bicyclic) bond motifs is 1. The molecule has 0 fully saturated rings. The summed E-state index contributed by atoms with van der Waals surface area (Å²) in [4.78, 5) is 19.7. The summed E-state index contributed by atoms with van der Waals surface area (Å²) < 4.78 is 8.02. The van der Waals surface area contributed by atoms with Crippen molar-refractivity contribution in [1.82, 2.24) is 24.7 Å². The van der Waals surface area contributed by atoms with Gasteiger partial charge in [0.15, 0.2) is 11.0 Å². The number of nitrogens with one attached hydrogen (secondary N) is 1. The molecule has 7 nitrogen and oxygen atoms in total. The minimum Gasteiger partial charge on any atom is -0.485 e. The van der Waals surface area contributed by atoms with Crippen molar-refractivity contribution in [3.8, 4) is 5.75 Å². The van der Waals surface area contributed by atoms with Crippen LogP contribution in [0.15, 0.2) is 52.4 Å². The van der Waals surface area contributed by atoms with Gasteiger partial charge in [-0.3, -0.25) is 4.79 Å². The highest BCUT2D eigenvalue weighted by Crippen LogP contribution is 2.23. The first-order chi connectivity index (χ1) is 14.5. The highest BCUT2D eigenvalue weighted by molar-refractivity contribution is 7.98. The fourth-order valence-electron chi connectivity index (χ4n) is 3.19. The molecule has 0 bridgehead atoms. The third kappa shape index (κ3) is 4.23. The zero-order valence-electron chi connectivity index (χ0n) is 17.2. The molecule has 0 amide bonds. The highest BCUT2D eigenvalue weighted by Gasteiger charge is 2.14. The Morgan fingerprint density at radius 2 is 1.97 bits per heavy atom. The van der Waals surface area contributed by atoms with Gasteiger partial charge in [0.2, 0.25) is 0 Å². The van der Waals surface area contributed by atoms with Crippen LogP contribution in [0.1, 0.15) is 29.7 Å². The molecule has 0 spiro atoms. The van der Waals surface area contributed by atoms with Gasteiger partial charge in [0, 0.05) is 6.54 Å². The van der Waals surface area contributed by atoms with Crippen LogP contribution in [0.3, 0.4) is 0 Å². The number of H-pyrrole nitrogens is 1. The van der Waals surface area contributed by atoms with Crippen molar-refractivity contribution in [1.29, 1.82) is 0 Å². The molecule has 4 aromatic rings. The van der Waals surface area contributed by atoms with Crippen molar-refractivity contribution < 1.29 is 4.74 Å². The Balaban J connectivity index is 1.48. The number of aromatic amines is 1. The van der Waals surface area contributed by atoms with E-state index in [1.54, 1.807) is 6.07 Å². The molecule has 0 atom stereocenters. The van der Waals surface area contributed by atoms with E-state index in [0.717, 1.165) is 34.4 Å². The maximum absolute atomic E-state index is 12.3. The second-order valence-electron chi connectivity index (χ2n) is 7.02. The summed E-state index contributed by atoms with van der Waals surface area (Å²) >= 11 is 1.49. The molecule has 2 aromatic heterocycles. The Hall–Kier alpha value is -3.13. The number of hydrogen-bond donors (Lipinski definition) is 1. The van der Waals surface area contributed by atoms with Gasteiger partial charge in [0.25, 0.3) is 5.56 Å². The van der Waals surface area contributed by atoms with Crippen LogP contribution >= 0.6 is 11.8 Å². The number of nitrogens with zero attached hydrogens (tertiary/aromatic N) is 4. The lowest BCUT2D eigenvalue weighted by atomic mass is 10.1. The highest BCUT2D eigenvalue weighted by atomic mass is 32.2. The lowest BCUT2D eigenvalue weighted by Gasteiger charge is -2.11. The summed E-state index contributed by atoms with van der Waals surface area (Å²) in [6, 6.07) is 13.5. The Morgan fingerprint density at radius 3 is 2.80 bits per heavy atom. The minimum atomic E-state index is -0.129. The van der Waals surface area contributed by atoms with Crippen molar-refractivity contribution in [2.45, 2.75) is 44.8 Å². The monoisotopic (exact) mass is 421 g/mol. The van der Waals surface area contributed by atoms with Crippen molar-refractivity contribution >= 4 is 22.7 Å². The molecule has 1 N–H and O–H groups in total. The number of aromatic nitrogens is 5. The van der Waals surface area contributed by atoms with Crippen molar-refractivity contribution in [2.24, 2.45) is 0 Å². The van der Waals surface area contributed by atoms with Gasteiger partial charge in [-0.1, -0.05) is 36.0 Å². The van der Waals surface area contributed by atoms with Crippen LogP contribution in [0.2, 0.25) is 0 Å². The molecule has 0 saturated heterocycles. The molecular formula is C22H23N5O2S. The van der Waals surface area contributed by atoms with E-state index in [0.29, 0.717) is 29.1 Å². The number of hydrogen-bond acceptors (Lipinski definition) is 6. The molecule has 0 unspecified atom stereocenters. The van der Waals surface area contributed by atoms with Crippen LogP contribution in [0.5, 0.6) is 5.75 Å². The summed E-state index contributed by atoms with van der Waals surface area (Å²) in [5, 5.41) is 9.99. The predicted molar refractivity (Wildman–Crippen MR) is 118 cm³/mol. The van der Waals surface area contributed by atoms with E-state index in [9.17, 15) is 4.79 Å². The van der Waals surface area contributed by atoms with E-state index in [2.05, 4.69) is 26.2 Å².